The molecule has 1 saturated heterocycles. The first kappa shape index (κ1) is 11.7. The average molecular weight is 200 g/mol. The van der Waals surface area contributed by atoms with Gasteiger partial charge in [-0.3, -0.25) is 0 Å². The minimum atomic E-state index is -0.815. The summed E-state index contributed by atoms with van der Waals surface area (Å²) < 4.78 is 10.6. The highest BCUT2D eigenvalue weighted by Crippen LogP contribution is 2.15. The third-order valence-corrected chi connectivity index (χ3v) is 2.19. The molecule has 1 aliphatic rings. The Morgan fingerprint density at radius 3 is 3.07 bits per heavy atom. The molecule has 0 aromatic rings. The SMILES string of the molecule is CCCC=C[C@H](O)OC1CCCCO1. The summed E-state index contributed by atoms with van der Waals surface area (Å²) in [7, 11) is 0. The first-order chi connectivity index (χ1) is 6.83. The topological polar surface area (TPSA) is 38.7 Å². The Bertz CT molecular complexity index is 162. The van der Waals surface area contributed by atoms with E-state index in [9.17, 15) is 5.11 Å². The highest BCUT2D eigenvalue weighted by Gasteiger charge is 2.16. The molecule has 1 aliphatic heterocycles. The molecule has 14 heavy (non-hydrogen) atoms. The summed E-state index contributed by atoms with van der Waals surface area (Å²) in [6.45, 7) is 2.85. The maximum absolute atomic E-state index is 9.44. The number of aliphatic hydroxyl groups is 1. The van der Waals surface area contributed by atoms with Crippen LogP contribution in [0, 0.1) is 0 Å². The van der Waals surface area contributed by atoms with Crippen LogP contribution in [0.25, 0.3) is 0 Å². The van der Waals surface area contributed by atoms with Gasteiger partial charge in [0.15, 0.2) is 12.6 Å². The van der Waals surface area contributed by atoms with Gasteiger partial charge in [0.2, 0.25) is 0 Å². The van der Waals surface area contributed by atoms with E-state index in [0.29, 0.717) is 0 Å². The van der Waals surface area contributed by atoms with Gasteiger partial charge in [0.05, 0.1) is 0 Å². The Hall–Kier alpha value is -0.380. The Morgan fingerprint density at radius 2 is 2.43 bits per heavy atom. The summed E-state index contributed by atoms with van der Waals surface area (Å²) in [5, 5.41) is 9.44. The quantitative estimate of drug-likeness (QED) is 0.546. The zero-order valence-corrected chi connectivity index (χ0v) is 8.82. The van der Waals surface area contributed by atoms with E-state index in [1.54, 1.807) is 6.08 Å². The monoisotopic (exact) mass is 200 g/mol. The van der Waals surface area contributed by atoms with Crippen LogP contribution in [0.4, 0.5) is 0 Å². The number of hydrogen-bond donors (Lipinski definition) is 1. The molecule has 0 aliphatic carbocycles. The number of rotatable bonds is 5. The molecule has 0 spiro atoms. The van der Waals surface area contributed by atoms with Gasteiger partial charge in [-0.2, -0.15) is 0 Å². The molecule has 0 aromatic carbocycles. The van der Waals surface area contributed by atoms with Gasteiger partial charge in [0.1, 0.15) is 0 Å². The molecule has 0 radical (unpaired) electrons. The minimum absolute atomic E-state index is 0.218. The van der Waals surface area contributed by atoms with E-state index >= 15 is 0 Å². The highest BCUT2D eigenvalue weighted by molar-refractivity contribution is 4.84. The highest BCUT2D eigenvalue weighted by atomic mass is 16.7. The fourth-order valence-electron chi connectivity index (χ4n) is 1.40. The van der Waals surface area contributed by atoms with E-state index in [-0.39, 0.29) is 6.29 Å². The smallest absolute Gasteiger partial charge is 0.177 e. The zero-order valence-electron chi connectivity index (χ0n) is 8.82. The normalized spacial score (nSPS) is 25.4. The summed E-state index contributed by atoms with van der Waals surface area (Å²) in [6.07, 6.45) is 7.76. The Kier molecular flexibility index (Phi) is 5.83. The standard InChI is InChI=1S/C11H20O3/c1-2-3-4-7-10(12)14-11-8-5-6-9-13-11/h4,7,10-12H,2-3,5-6,8-9H2,1H3/t10-,11?/m1/s1. The number of unbranched alkanes of at least 4 members (excludes halogenated alkanes) is 1. The van der Waals surface area contributed by atoms with Crippen LogP contribution in [-0.2, 0) is 9.47 Å². The lowest BCUT2D eigenvalue weighted by Gasteiger charge is -2.24. The van der Waals surface area contributed by atoms with Gasteiger partial charge < -0.3 is 14.6 Å². The molecule has 82 valence electrons. The molecule has 0 saturated carbocycles. The van der Waals surface area contributed by atoms with Gasteiger partial charge in [0.25, 0.3) is 0 Å². The van der Waals surface area contributed by atoms with Crippen LogP contribution in [-0.4, -0.2) is 24.3 Å². The van der Waals surface area contributed by atoms with E-state index in [4.69, 9.17) is 9.47 Å². The molecule has 1 heterocycles. The van der Waals surface area contributed by atoms with Gasteiger partial charge in [-0.1, -0.05) is 19.4 Å². The largest absolute Gasteiger partial charge is 0.365 e. The first-order valence-electron chi connectivity index (χ1n) is 5.44. The Labute approximate surface area is 85.7 Å². The van der Waals surface area contributed by atoms with E-state index in [1.165, 1.54) is 0 Å². The van der Waals surface area contributed by atoms with Crippen LogP contribution >= 0.6 is 0 Å². The minimum Gasteiger partial charge on any atom is -0.365 e. The van der Waals surface area contributed by atoms with Crippen molar-refractivity contribution in [1.82, 2.24) is 0 Å². The molecule has 2 atom stereocenters. The predicted molar refractivity (Wildman–Crippen MR) is 54.7 cm³/mol. The second kappa shape index (κ2) is 6.98. The molecule has 3 nitrogen and oxygen atoms in total. The molecule has 1 fully saturated rings. The molecule has 3 heteroatoms. The second-order valence-corrected chi connectivity index (χ2v) is 3.54. The maximum Gasteiger partial charge on any atom is 0.177 e. The lowest BCUT2D eigenvalue weighted by atomic mass is 10.2. The average Bonchev–Trinajstić information content (AvgIpc) is 2.20. The molecular weight excluding hydrogens is 180 g/mol. The molecule has 1 rings (SSSR count). The molecule has 1 unspecified atom stereocenters. The zero-order chi connectivity index (χ0) is 10.2. The summed E-state index contributed by atoms with van der Waals surface area (Å²) in [5.41, 5.74) is 0. The predicted octanol–water partition coefficient (Wildman–Crippen LogP) is 2.20. The Morgan fingerprint density at radius 1 is 1.57 bits per heavy atom. The van der Waals surface area contributed by atoms with Crippen molar-refractivity contribution >= 4 is 0 Å². The third-order valence-electron chi connectivity index (χ3n) is 2.19. The fraction of sp³-hybridized carbons (Fsp3) is 0.818. The van der Waals surface area contributed by atoms with Gasteiger partial charge in [-0.15, -0.1) is 0 Å². The number of ether oxygens (including phenoxy) is 2. The Balaban J connectivity index is 2.14. The van der Waals surface area contributed by atoms with Crippen molar-refractivity contribution in [2.45, 2.75) is 51.6 Å². The summed E-state index contributed by atoms with van der Waals surface area (Å²) >= 11 is 0. The summed E-state index contributed by atoms with van der Waals surface area (Å²) in [6, 6.07) is 0. The number of aliphatic hydroxyl groups excluding tert-OH is 1. The van der Waals surface area contributed by atoms with Crippen molar-refractivity contribution in [2.24, 2.45) is 0 Å². The van der Waals surface area contributed by atoms with Crippen LogP contribution < -0.4 is 0 Å². The molecular formula is C11H20O3. The van der Waals surface area contributed by atoms with Crippen molar-refractivity contribution in [3.8, 4) is 0 Å². The van der Waals surface area contributed by atoms with Crippen molar-refractivity contribution in [3.63, 3.8) is 0 Å². The first-order valence-corrected chi connectivity index (χ1v) is 5.44. The van der Waals surface area contributed by atoms with Crippen LogP contribution in [0.2, 0.25) is 0 Å². The maximum atomic E-state index is 9.44. The van der Waals surface area contributed by atoms with Crippen molar-refractivity contribution in [1.29, 1.82) is 0 Å². The van der Waals surface area contributed by atoms with Crippen LogP contribution in [0.5, 0.6) is 0 Å². The van der Waals surface area contributed by atoms with Crippen LogP contribution in [0.1, 0.15) is 39.0 Å². The molecule has 0 bridgehead atoms. The van der Waals surface area contributed by atoms with Crippen molar-refractivity contribution in [3.05, 3.63) is 12.2 Å². The fourth-order valence-corrected chi connectivity index (χ4v) is 1.40. The van der Waals surface area contributed by atoms with E-state index in [0.717, 1.165) is 38.7 Å². The number of hydrogen-bond acceptors (Lipinski definition) is 3. The van der Waals surface area contributed by atoms with Crippen LogP contribution in [0.3, 0.4) is 0 Å². The lowest BCUT2D eigenvalue weighted by Crippen LogP contribution is -2.26. The van der Waals surface area contributed by atoms with Gasteiger partial charge in [-0.25, -0.2) is 0 Å². The lowest BCUT2D eigenvalue weighted by molar-refractivity contribution is -0.223. The van der Waals surface area contributed by atoms with Crippen molar-refractivity contribution in [2.75, 3.05) is 6.61 Å². The van der Waals surface area contributed by atoms with E-state index < -0.39 is 6.29 Å². The summed E-state index contributed by atoms with van der Waals surface area (Å²) in [5.74, 6) is 0. The second-order valence-electron chi connectivity index (χ2n) is 3.54. The van der Waals surface area contributed by atoms with Gasteiger partial charge >= 0.3 is 0 Å². The van der Waals surface area contributed by atoms with Gasteiger partial charge in [-0.05, 0) is 31.8 Å². The molecule has 0 amide bonds. The molecule has 1 N–H and O–H groups in total. The van der Waals surface area contributed by atoms with E-state index in [1.807, 2.05) is 6.08 Å². The third kappa shape index (κ3) is 4.74. The van der Waals surface area contributed by atoms with E-state index in [2.05, 4.69) is 6.92 Å². The molecule has 0 aromatic heterocycles. The van der Waals surface area contributed by atoms with Gasteiger partial charge in [0, 0.05) is 6.61 Å². The van der Waals surface area contributed by atoms with Crippen LogP contribution in [0.15, 0.2) is 12.2 Å². The summed E-state index contributed by atoms with van der Waals surface area (Å²) in [4.78, 5) is 0. The number of allylic oxidation sites excluding steroid dienone is 1. The van der Waals surface area contributed by atoms with Crippen molar-refractivity contribution < 1.29 is 14.6 Å².